The van der Waals surface area contributed by atoms with Crippen molar-refractivity contribution in [3.05, 3.63) is 299 Å². The predicted octanol–water partition coefficient (Wildman–Crippen LogP) is 16.7. The van der Waals surface area contributed by atoms with Crippen LogP contribution in [0.1, 0.15) is 44.5 Å². The number of aromatic nitrogens is 4. The highest BCUT2D eigenvalue weighted by Crippen LogP contribution is 2.66. The first-order valence-corrected chi connectivity index (χ1v) is 25.9. The van der Waals surface area contributed by atoms with Gasteiger partial charge in [0.1, 0.15) is 0 Å². The smallest absolute Gasteiger partial charge is 0.238 e. The van der Waals surface area contributed by atoms with Crippen LogP contribution in [0, 0.1) is 0 Å². The average Bonchev–Trinajstić information content (AvgIpc) is 4.27. The van der Waals surface area contributed by atoms with Crippen LogP contribution in [0.4, 0.5) is 0 Å². The van der Waals surface area contributed by atoms with Crippen LogP contribution in [0.3, 0.4) is 0 Å². The Kier molecular flexibility index (Phi) is 8.11. The number of nitrogens with zero attached hydrogens (tertiary/aromatic N) is 4. The molecule has 346 valence electrons. The maximum atomic E-state index is 5.49. The van der Waals surface area contributed by atoms with Crippen molar-refractivity contribution < 1.29 is 0 Å². The van der Waals surface area contributed by atoms with E-state index in [1.807, 2.05) is 36.4 Å². The molecule has 4 nitrogen and oxygen atoms in total. The lowest BCUT2D eigenvalue weighted by Crippen LogP contribution is -2.25. The predicted molar refractivity (Wildman–Crippen MR) is 303 cm³/mol. The van der Waals surface area contributed by atoms with Crippen LogP contribution >= 0.6 is 0 Å². The molecule has 0 unspecified atom stereocenters. The van der Waals surface area contributed by atoms with E-state index < -0.39 is 10.8 Å². The summed E-state index contributed by atoms with van der Waals surface area (Å²) in [6, 6.07) is 93.9. The Morgan fingerprint density at radius 2 is 0.667 bits per heavy atom. The fourth-order valence-electron chi connectivity index (χ4n) is 14.3. The Bertz CT molecular complexity index is 4450. The van der Waals surface area contributed by atoms with Crippen molar-refractivity contribution in [3.8, 4) is 84.4 Å². The van der Waals surface area contributed by atoms with Crippen LogP contribution in [0.2, 0.25) is 0 Å². The zero-order chi connectivity index (χ0) is 49.0. The fraction of sp³-hybridized carbons (Fsp3) is 0.0282. The number of fused-ring (bicyclic) bond motifs is 24. The van der Waals surface area contributed by atoms with Gasteiger partial charge in [-0.15, -0.1) is 0 Å². The molecule has 0 N–H and O–H groups in total. The molecule has 0 radical (unpaired) electrons. The van der Waals surface area contributed by atoms with Crippen molar-refractivity contribution in [2.24, 2.45) is 0 Å². The third-order valence-electron chi connectivity index (χ3n) is 17.1. The van der Waals surface area contributed by atoms with Gasteiger partial charge in [-0.2, -0.15) is 9.97 Å². The molecule has 13 aromatic rings. The van der Waals surface area contributed by atoms with Gasteiger partial charge in [-0.1, -0.05) is 243 Å². The van der Waals surface area contributed by atoms with Crippen molar-refractivity contribution in [2.75, 3.05) is 0 Å². The molecule has 2 aromatic heterocycles. The third kappa shape index (κ3) is 5.13. The molecule has 17 rings (SSSR count). The molecule has 2 spiro atoms. The molecular weight excluding hydrogens is 909 g/mol. The Balaban J connectivity index is 0.983. The summed E-state index contributed by atoms with van der Waals surface area (Å²) in [7, 11) is 0. The van der Waals surface area contributed by atoms with E-state index in [2.05, 4.69) is 223 Å². The first kappa shape index (κ1) is 40.8. The lowest BCUT2D eigenvalue weighted by molar-refractivity contribution is 0.794. The van der Waals surface area contributed by atoms with E-state index in [1.165, 1.54) is 94.6 Å². The molecule has 4 aliphatic rings. The Morgan fingerprint density at radius 1 is 0.267 bits per heavy atom. The van der Waals surface area contributed by atoms with Crippen molar-refractivity contribution in [3.63, 3.8) is 0 Å². The minimum atomic E-state index is -0.533. The topological polar surface area (TPSA) is 43.6 Å². The van der Waals surface area contributed by atoms with Crippen molar-refractivity contribution >= 4 is 21.8 Å². The van der Waals surface area contributed by atoms with E-state index in [0.29, 0.717) is 17.6 Å². The summed E-state index contributed by atoms with van der Waals surface area (Å²) in [6.07, 6.45) is 0. The summed E-state index contributed by atoms with van der Waals surface area (Å²) in [5.74, 6) is 1.82. The summed E-state index contributed by atoms with van der Waals surface area (Å²) in [4.78, 5) is 16.2. The lowest BCUT2D eigenvalue weighted by Gasteiger charge is -2.30. The Hall–Kier alpha value is -9.77. The molecule has 0 atom stereocenters. The minimum absolute atomic E-state index is 0.442. The second-order valence-corrected chi connectivity index (χ2v) is 20.5. The summed E-state index contributed by atoms with van der Waals surface area (Å²) in [5, 5.41) is 2.28. The average molecular weight is 951 g/mol. The summed E-state index contributed by atoms with van der Waals surface area (Å²) in [6.45, 7) is 0. The minimum Gasteiger partial charge on any atom is -0.277 e. The van der Waals surface area contributed by atoms with Crippen LogP contribution < -0.4 is 0 Å². The molecule has 0 aliphatic heterocycles. The van der Waals surface area contributed by atoms with E-state index >= 15 is 0 Å². The quantitative estimate of drug-likeness (QED) is 0.177. The molecule has 75 heavy (non-hydrogen) atoms. The summed E-state index contributed by atoms with van der Waals surface area (Å²) >= 11 is 0. The van der Waals surface area contributed by atoms with Crippen LogP contribution in [-0.2, 0) is 10.8 Å². The van der Waals surface area contributed by atoms with Gasteiger partial charge < -0.3 is 0 Å². The second-order valence-electron chi connectivity index (χ2n) is 20.5. The van der Waals surface area contributed by atoms with Crippen LogP contribution in [0.25, 0.3) is 106 Å². The van der Waals surface area contributed by atoms with E-state index in [9.17, 15) is 0 Å². The Morgan fingerprint density at radius 3 is 1.17 bits per heavy atom. The van der Waals surface area contributed by atoms with Gasteiger partial charge in [0.15, 0.2) is 11.6 Å². The van der Waals surface area contributed by atoms with Gasteiger partial charge in [-0.3, -0.25) is 4.57 Å². The first-order chi connectivity index (χ1) is 37.2. The van der Waals surface area contributed by atoms with Crippen molar-refractivity contribution in [1.82, 2.24) is 19.5 Å². The van der Waals surface area contributed by atoms with Gasteiger partial charge in [0.25, 0.3) is 0 Å². The number of hydrogen-bond acceptors (Lipinski definition) is 3. The second kappa shape index (κ2) is 14.9. The van der Waals surface area contributed by atoms with Crippen LogP contribution in [0.5, 0.6) is 0 Å². The first-order valence-electron chi connectivity index (χ1n) is 25.9. The lowest BCUT2D eigenvalue weighted by atomic mass is 9.70. The largest absolute Gasteiger partial charge is 0.277 e. The van der Waals surface area contributed by atoms with Gasteiger partial charge in [-0.05, 0) is 107 Å². The summed E-state index contributed by atoms with van der Waals surface area (Å²) in [5.41, 5.74) is 26.0. The maximum absolute atomic E-state index is 5.49. The van der Waals surface area contributed by atoms with Gasteiger partial charge in [0, 0.05) is 27.5 Å². The number of hydrogen-bond donors (Lipinski definition) is 0. The molecule has 0 amide bonds. The SMILES string of the molecule is c1ccc(-c2nc(-c3ccccc3)nc(-n3c4ccc(-c5cccc6c5-c5ccccc5C65c6ccccc6-c6ccccc65)cc4c4ccc5c(c43)-c3ccccc3C53c4ccccc4-c4ccccc43)n2)cc1. The molecule has 2 heterocycles. The van der Waals surface area contributed by atoms with Crippen molar-refractivity contribution in [2.45, 2.75) is 10.8 Å². The highest BCUT2D eigenvalue weighted by molar-refractivity contribution is 6.17. The van der Waals surface area contributed by atoms with Gasteiger partial charge >= 0.3 is 0 Å². The van der Waals surface area contributed by atoms with E-state index in [-0.39, 0.29) is 0 Å². The normalized spacial score (nSPS) is 14.1. The number of rotatable bonds is 4. The molecule has 0 saturated carbocycles. The highest BCUT2D eigenvalue weighted by atomic mass is 15.2. The Labute approximate surface area is 433 Å². The van der Waals surface area contributed by atoms with Crippen LogP contribution in [-0.4, -0.2) is 19.5 Å². The molecule has 0 bridgehead atoms. The standard InChI is InChI=1S/C71H42N4/c1-3-20-43(21-4-1)67-72-68(44-22-5-2-6-23-44)74-69(73-67)75-63-41-38-45(46-30-19-37-61-64(46)52-28-11-17-35-59(52)70(61)55-31-13-7-24-47(55)48-25-8-14-32-56(48)70)42-54(63)51-39-40-62-65(66(51)75)53-29-12-18-36-60(53)71(62)57-33-15-9-26-49(57)50-27-10-16-34-58(50)71/h1-42H. The molecular formula is C71H42N4. The van der Waals surface area contributed by atoms with Crippen LogP contribution in [0.15, 0.2) is 255 Å². The monoisotopic (exact) mass is 950 g/mol. The molecule has 4 heteroatoms. The zero-order valence-electron chi connectivity index (χ0n) is 40.5. The van der Waals surface area contributed by atoms with E-state index in [1.54, 1.807) is 0 Å². The van der Waals surface area contributed by atoms with Gasteiger partial charge in [-0.25, -0.2) is 4.98 Å². The molecule has 4 aliphatic carbocycles. The molecule has 0 saturated heterocycles. The van der Waals surface area contributed by atoms with E-state index in [4.69, 9.17) is 15.0 Å². The maximum Gasteiger partial charge on any atom is 0.238 e. The van der Waals surface area contributed by atoms with E-state index in [0.717, 1.165) is 38.5 Å². The van der Waals surface area contributed by atoms with Gasteiger partial charge in [0.05, 0.1) is 21.9 Å². The molecule has 11 aromatic carbocycles. The zero-order valence-corrected chi connectivity index (χ0v) is 40.5. The highest BCUT2D eigenvalue weighted by Gasteiger charge is 2.54. The third-order valence-corrected chi connectivity index (χ3v) is 17.1. The molecule has 0 fully saturated rings. The van der Waals surface area contributed by atoms with Crippen molar-refractivity contribution in [1.29, 1.82) is 0 Å². The van der Waals surface area contributed by atoms with Gasteiger partial charge in [0.2, 0.25) is 5.95 Å². The number of benzene rings is 11. The summed E-state index contributed by atoms with van der Waals surface area (Å²) < 4.78 is 2.35. The fourth-order valence-corrected chi connectivity index (χ4v) is 14.3.